The number of hydrogen-bond donors (Lipinski definition) is 1. The van der Waals surface area contributed by atoms with Crippen LogP contribution in [-0.4, -0.2) is 26.2 Å². The lowest BCUT2D eigenvalue weighted by molar-refractivity contribution is -0.120. The van der Waals surface area contributed by atoms with Gasteiger partial charge in [-0.1, -0.05) is 0 Å². The maximum atomic E-state index is 11.4. The van der Waals surface area contributed by atoms with Crippen LogP contribution in [0.25, 0.3) is 0 Å². The molecule has 0 saturated carbocycles. The summed E-state index contributed by atoms with van der Waals surface area (Å²) in [4.78, 5) is 11.4. The van der Waals surface area contributed by atoms with Gasteiger partial charge in [-0.2, -0.15) is 0 Å². The number of carbonyl (C=O) groups is 1. The third-order valence-electron chi connectivity index (χ3n) is 1.87. The molecule has 5 heteroatoms. The molecule has 0 radical (unpaired) electrons. The fourth-order valence-electron chi connectivity index (χ4n) is 1.13. The van der Waals surface area contributed by atoms with Gasteiger partial charge in [-0.05, 0) is 35.0 Å². The molecule has 16 heavy (non-hydrogen) atoms. The molecule has 1 aromatic carbocycles. The van der Waals surface area contributed by atoms with E-state index in [2.05, 4.69) is 21.2 Å². The number of carbonyl (C=O) groups excluding carboxylic acids is 1. The average Bonchev–Trinajstić information content (AvgIpc) is 2.29. The minimum Gasteiger partial charge on any atom is -0.495 e. The summed E-state index contributed by atoms with van der Waals surface area (Å²) in [5, 5.41) is 2.71. The lowest BCUT2D eigenvalue weighted by Gasteiger charge is -2.08. The van der Waals surface area contributed by atoms with Gasteiger partial charge in [0.15, 0.2) is 0 Å². The lowest BCUT2D eigenvalue weighted by atomic mass is 10.3. The highest BCUT2D eigenvalue weighted by Crippen LogP contribution is 2.27. The van der Waals surface area contributed by atoms with Crippen LogP contribution in [0, 0.1) is 0 Å². The highest BCUT2D eigenvalue weighted by atomic mass is 79.9. The summed E-state index contributed by atoms with van der Waals surface area (Å²) in [6, 6.07) is 5.35. The minimum atomic E-state index is -0.175. The number of nitrogens with one attached hydrogen (secondary N) is 1. The number of methoxy groups -OCH3 is 1. The monoisotopic (exact) mass is 287 g/mol. The molecule has 0 atom stereocenters. The minimum absolute atomic E-state index is 0.0644. The van der Waals surface area contributed by atoms with E-state index in [1.54, 1.807) is 19.2 Å². The second-order valence-corrected chi connectivity index (χ2v) is 3.89. The van der Waals surface area contributed by atoms with E-state index in [1.165, 1.54) is 0 Å². The van der Waals surface area contributed by atoms with Crippen LogP contribution in [0.3, 0.4) is 0 Å². The number of amides is 1. The molecule has 1 rings (SSSR count). The van der Waals surface area contributed by atoms with Gasteiger partial charge in [-0.3, -0.25) is 4.79 Å². The Balaban J connectivity index is 2.63. The van der Waals surface area contributed by atoms with Crippen LogP contribution in [0.1, 0.15) is 6.92 Å². The largest absolute Gasteiger partial charge is 0.495 e. The standard InChI is InChI=1S/C11H14BrNO3/c1-3-16-7-11(14)13-8-4-5-9(12)10(6-8)15-2/h4-6H,3,7H2,1-2H3,(H,13,14). The fraction of sp³-hybridized carbons (Fsp3) is 0.364. The Morgan fingerprint density at radius 1 is 1.50 bits per heavy atom. The van der Waals surface area contributed by atoms with Crippen molar-refractivity contribution in [2.24, 2.45) is 0 Å². The third-order valence-corrected chi connectivity index (χ3v) is 2.53. The molecular weight excluding hydrogens is 274 g/mol. The van der Waals surface area contributed by atoms with E-state index in [0.29, 0.717) is 18.0 Å². The number of anilines is 1. The van der Waals surface area contributed by atoms with E-state index in [-0.39, 0.29) is 12.5 Å². The van der Waals surface area contributed by atoms with Gasteiger partial charge in [0, 0.05) is 18.4 Å². The van der Waals surface area contributed by atoms with Crippen LogP contribution in [0.15, 0.2) is 22.7 Å². The van der Waals surface area contributed by atoms with Crippen molar-refractivity contribution in [3.05, 3.63) is 22.7 Å². The van der Waals surface area contributed by atoms with E-state index < -0.39 is 0 Å². The Labute approximate surface area is 103 Å². The average molecular weight is 288 g/mol. The Hall–Kier alpha value is -1.07. The van der Waals surface area contributed by atoms with Gasteiger partial charge in [-0.15, -0.1) is 0 Å². The summed E-state index contributed by atoms with van der Waals surface area (Å²) in [5.41, 5.74) is 0.685. The molecule has 0 aliphatic heterocycles. The van der Waals surface area contributed by atoms with Crippen LogP contribution in [-0.2, 0) is 9.53 Å². The van der Waals surface area contributed by atoms with Crippen molar-refractivity contribution in [3.8, 4) is 5.75 Å². The summed E-state index contributed by atoms with van der Waals surface area (Å²) in [6.07, 6.45) is 0. The highest BCUT2D eigenvalue weighted by Gasteiger charge is 2.05. The van der Waals surface area contributed by atoms with Crippen molar-refractivity contribution < 1.29 is 14.3 Å². The van der Waals surface area contributed by atoms with Crippen molar-refractivity contribution in [1.82, 2.24) is 0 Å². The molecule has 0 aromatic heterocycles. The molecule has 1 aromatic rings. The number of ether oxygens (including phenoxy) is 2. The molecule has 0 aliphatic rings. The van der Waals surface area contributed by atoms with E-state index >= 15 is 0 Å². The Bertz CT molecular complexity index is 368. The highest BCUT2D eigenvalue weighted by molar-refractivity contribution is 9.10. The summed E-state index contributed by atoms with van der Waals surface area (Å²) in [5.74, 6) is 0.500. The van der Waals surface area contributed by atoms with Gasteiger partial charge in [0.25, 0.3) is 0 Å². The van der Waals surface area contributed by atoms with E-state index in [9.17, 15) is 4.79 Å². The first-order chi connectivity index (χ1) is 7.67. The molecule has 0 fully saturated rings. The molecule has 0 heterocycles. The Morgan fingerprint density at radius 3 is 2.88 bits per heavy atom. The molecule has 0 bridgehead atoms. The van der Waals surface area contributed by atoms with Crippen LogP contribution < -0.4 is 10.1 Å². The fourth-order valence-corrected chi connectivity index (χ4v) is 1.54. The number of benzene rings is 1. The van der Waals surface area contributed by atoms with Gasteiger partial charge >= 0.3 is 0 Å². The summed E-state index contributed by atoms with van der Waals surface area (Å²) < 4.78 is 11.0. The molecule has 1 amide bonds. The predicted molar refractivity (Wildman–Crippen MR) is 65.8 cm³/mol. The summed E-state index contributed by atoms with van der Waals surface area (Å²) in [7, 11) is 1.58. The van der Waals surface area contributed by atoms with Gasteiger partial charge < -0.3 is 14.8 Å². The van der Waals surface area contributed by atoms with Gasteiger partial charge in [0.2, 0.25) is 5.91 Å². The summed E-state index contributed by atoms with van der Waals surface area (Å²) >= 11 is 3.34. The van der Waals surface area contributed by atoms with E-state index in [4.69, 9.17) is 9.47 Å². The molecule has 1 N–H and O–H groups in total. The van der Waals surface area contributed by atoms with Crippen LogP contribution in [0.5, 0.6) is 5.75 Å². The number of rotatable bonds is 5. The van der Waals surface area contributed by atoms with Gasteiger partial charge in [-0.25, -0.2) is 0 Å². The summed E-state index contributed by atoms with van der Waals surface area (Å²) in [6.45, 7) is 2.43. The Morgan fingerprint density at radius 2 is 2.25 bits per heavy atom. The third kappa shape index (κ3) is 3.83. The van der Waals surface area contributed by atoms with Crippen molar-refractivity contribution >= 4 is 27.5 Å². The number of hydrogen-bond acceptors (Lipinski definition) is 3. The van der Waals surface area contributed by atoms with Crippen LogP contribution in [0.4, 0.5) is 5.69 Å². The van der Waals surface area contributed by atoms with Crippen molar-refractivity contribution in [2.75, 3.05) is 25.6 Å². The van der Waals surface area contributed by atoms with Crippen LogP contribution >= 0.6 is 15.9 Å². The van der Waals surface area contributed by atoms with E-state index in [0.717, 1.165) is 4.47 Å². The predicted octanol–water partition coefficient (Wildman–Crippen LogP) is 2.43. The smallest absolute Gasteiger partial charge is 0.250 e. The van der Waals surface area contributed by atoms with Crippen molar-refractivity contribution in [1.29, 1.82) is 0 Å². The molecule has 0 unspecified atom stereocenters. The maximum Gasteiger partial charge on any atom is 0.250 e. The van der Waals surface area contributed by atoms with Crippen molar-refractivity contribution in [3.63, 3.8) is 0 Å². The zero-order chi connectivity index (χ0) is 12.0. The second kappa shape index (κ2) is 6.50. The van der Waals surface area contributed by atoms with Crippen molar-refractivity contribution in [2.45, 2.75) is 6.92 Å². The first-order valence-electron chi connectivity index (χ1n) is 4.88. The zero-order valence-corrected chi connectivity index (χ0v) is 10.8. The van der Waals surface area contributed by atoms with Gasteiger partial charge in [0.1, 0.15) is 12.4 Å². The van der Waals surface area contributed by atoms with Gasteiger partial charge in [0.05, 0.1) is 11.6 Å². The maximum absolute atomic E-state index is 11.4. The quantitative estimate of drug-likeness (QED) is 0.905. The lowest BCUT2D eigenvalue weighted by Crippen LogP contribution is -2.18. The van der Waals surface area contributed by atoms with E-state index in [1.807, 2.05) is 13.0 Å². The normalized spacial score (nSPS) is 9.94. The molecule has 0 spiro atoms. The van der Waals surface area contributed by atoms with Crippen LogP contribution in [0.2, 0.25) is 0 Å². The Kier molecular flexibility index (Phi) is 5.28. The number of halogens is 1. The molecule has 88 valence electrons. The molecule has 4 nitrogen and oxygen atoms in total. The zero-order valence-electron chi connectivity index (χ0n) is 9.25. The molecular formula is C11H14BrNO3. The molecule has 0 aliphatic carbocycles. The topological polar surface area (TPSA) is 47.6 Å². The SMILES string of the molecule is CCOCC(=O)Nc1ccc(Br)c(OC)c1. The first kappa shape index (κ1) is 13.0. The second-order valence-electron chi connectivity index (χ2n) is 3.03. The first-order valence-corrected chi connectivity index (χ1v) is 5.67. The molecule has 0 saturated heterocycles.